The number of fused-ring (bicyclic) bond motifs is 5. The van der Waals surface area contributed by atoms with Crippen molar-refractivity contribution in [3.8, 4) is 0 Å². The van der Waals surface area contributed by atoms with Gasteiger partial charge in [0.1, 0.15) is 0 Å². The van der Waals surface area contributed by atoms with Crippen molar-refractivity contribution in [1.29, 1.82) is 0 Å². The summed E-state index contributed by atoms with van der Waals surface area (Å²) in [6.45, 7) is 9.15. The minimum Gasteiger partial charge on any atom is -0.393 e. The monoisotopic (exact) mass is 390 g/mol. The Morgan fingerprint density at radius 1 is 0.857 bits per heavy atom. The van der Waals surface area contributed by atoms with Crippen molar-refractivity contribution < 1.29 is 10.2 Å². The van der Waals surface area contributed by atoms with Gasteiger partial charge >= 0.3 is 0 Å². The van der Waals surface area contributed by atoms with Gasteiger partial charge in [-0.25, -0.2) is 0 Å². The molecule has 0 aromatic carbocycles. The molecule has 4 saturated carbocycles. The summed E-state index contributed by atoms with van der Waals surface area (Å²) >= 11 is 0. The molecular formula is C26H46O2. The number of rotatable bonds is 5. The van der Waals surface area contributed by atoms with Gasteiger partial charge in [0.2, 0.25) is 0 Å². The highest BCUT2D eigenvalue weighted by Crippen LogP contribution is 2.67. The van der Waals surface area contributed by atoms with Crippen molar-refractivity contribution in [1.82, 2.24) is 0 Å². The van der Waals surface area contributed by atoms with Crippen LogP contribution in [0.15, 0.2) is 0 Å². The molecule has 0 amide bonds. The van der Waals surface area contributed by atoms with Gasteiger partial charge in [-0.15, -0.1) is 0 Å². The molecule has 0 aromatic rings. The molecule has 2 nitrogen and oxygen atoms in total. The summed E-state index contributed by atoms with van der Waals surface area (Å²) in [5, 5.41) is 20.2. The van der Waals surface area contributed by atoms with E-state index in [0.717, 1.165) is 48.9 Å². The van der Waals surface area contributed by atoms with E-state index in [0.29, 0.717) is 10.8 Å². The predicted molar refractivity (Wildman–Crippen MR) is 116 cm³/mol. The average molecular weight is 391 g/mol. The summed E-state index contributed by atoms with van der Waals surface area (Å²) < 4.78 is 0. The molecule has 0 saturated heterocycles. The third-order valence-electron chi connectivity index (χ3n) is 10.4. The molecule has 28 heavy (non-hydrogen) atoms. The summed E-state index contributed by atoms with van der Waals surface area (Å²) in [5.41, 5.74) is 0.587. The first kappa shape index (κ1) is 21.2. The molecule has 2 N–H and O–H groups in total. The minimum absolute atomic E-state index is 0.0248. The second-order valence-electron chi connectivity index (χ2n) is 12.5. The molecular weight excluding hydrogens is 344 g/mol. The average Bonchev–Trinajstić information content (AvgIpc) is 2.95. The highest BCUT2D eigenvalue weighted by Gasteiger charge is 2.59. The standard InChI is InChI=1S/C26H46O2/c1-24(2,28)14-6-5-7-18-9-11-22-21-10-8-19-17-20(27)12-15-26(19,4)23(21)13-16-25(18,22)3/h18-23,27-28H,5-17H2,1-4H3/t18?,19?,20-,21-,22?,23?,25+,26-/m0/s1. The van der Waals surface area contributed by atoms with Crippen LogP contribution >= 0.6 is 0 Å². The largest absolute Gasteiger partial charge is 0.393 e. The van der Waals surface area contributed by atoms with Crippen molar-refractivity contribution in [3.05, 3.63) is 0 Å². The first-order valence-corrected chi connectivity index (χ1v) is 12.5. The number of unbranched alkanes of at least 4 members (excludes halogenated alkanes) is 1. The van der Waals surface area contributed by atoms with Crippen LogP contribution in [0.25, 0.3) is 0 Å². The highest BCUT2D eigenvalue weighted by atomic mass is 16.3. The second-order valence-corrected chi connectivity index (χ2v) is 12.5. The molecule has 4 fully saturated rings. The molecule has 0 heterocycles. The lowest BCUT2D eigenvalue weighted by Crippen LogP contribution is -2.53. The van der Waals surface area contributed by atoms with Crippen LogP contribution in [0.4, 0.5) is 0 Å². The summed E-state index contributed by atoms with van der Waals surface area (Å²) in [4.78, 5) is 0. The lowest BCUT2D eigenvalue weighted by molar-refractivity contribution is -0.127. The van der Waals surface area contributed by atoms with Crippen LogP contribution in [-0.4, -0.2) is 21.9 Å². The normalized spacial score (nSPS) is 48.6. The Labute approximate surface area is 173 Å². The molecule has 8 atom stereocenters. The van der Waals surface area contributed by atoms with E-state index in [9.17, 15) is 10.2 Å². The van der Waals surface area contributed by atoms with Crippen LogP contribution in [0.5, 0.6) is 0 Å². The van der Waals surface area contributed by atoms with Gasteiger partial charge in [-0.3, -0.25) is 0 Å². The van der Waals surface area contributed by atoms with E-state index in [4.69, 9.17) is 0 Å². The molecule has 4 rings (SSSR count). The Hall–Kier alpha value is -0.0800. The molecule has 0 aromatic heterocycles. The first-order chi connectivity index (χ1) is 13.1. The predicted octanol–water partition coefficient (Wildman–Crippen LogP) is 6.34. The Morgan fingerprint density at radius 3 is 2.32 bits per heavy atom. The molecule has 4 unspecified atom stereocenters. The van der Waals surface area contributed by atoms with Gasteiger partial charge in [-0.1, -0.05) is 26.7 Å². The molecule has 0 bridgehead atoms. The van der Waals surface area contributed by atoms with Gasteiger partial charge in [-0.2, -0.15) is 0 Å². The smallest absolute Gasteiger partial charge is 0.0591 e. The Morgan fingerprint density at radius 2 is 1.57 bits per heavy atom. The van der Waals surface area contributed by atoms with Gasteiger partial charge in [0, 0.05) is 0 Å². The fourth-order valence-corrected chi connectivity index (χ4v) is 8.77. The van der Waals surface area contributed by atoms with Crippen molar-refractivity contribution in [2.75, 3.05) is 0 Å². The summed E-state index contributed by atoms with van der Waals surface area (Å²) in [6.07, 6.45) is 16.8. The van der Waals surface area contributed by atoms with Crippen LogP contribution < -0.4 is 0 Å². The van der Waals surface area contributed by atoms with Crippen molar-refractivity contribution in [2.45, 2.75) is 123 Å². The topological polar surface area (TPSA) is 40.5 Å². The fourth-order valence-electron chi connectivity index (χ4n) is 8.77. The molecule has 0 aliphatic heterocycles. The van der Waals surface area contributed by atoms with E-state index in [1.54, 1.807) is 0 Å². The van der Waals surface area contributed by atoms with E-state index < -0.39 is 5.60 Å². The Balaban J connectivity index is 1.41. The Bertz CT molecular complexity index is 551. The zero-order chi connectivity index (χ0) is 20.2. The van der Waals surface area contributed by atoms with E-state index in [1.165, 1.54) is 64.2 Å². The van der Waals surface area contributed by atoms with Crippen molar-refractivity contribution >= 4 is 0 Å². The van der Waals surface area contributed by atoms with E-state index in [1.807, 2.05) is 13.8 Å². The lowest BCUT2D eigenvalue weighted by Gasteiger charge is -2.61. The molecule has 162 valence electrons. The van der Waals surface area contributed by atoms with Gasteiger partial charge < -0.3 is 10.2 Å². The molecule has 4 aliphatic carbocycles. The maximum atomic E-state index is 10.2. The molecule has 4 aliphatic rings. The molecule has 2 heteroatoms. The fraction of sp³-hybridized carbons (Fsp3) is 1.00. The van der Waals surface area contributed by atoms with Gasteiger partial charge in [0.25, 0.3) is 0 Å². The number of aliphatic hydroxyl groups excluding tert-OH is 1. The second kappa shape index (κ2) is 7.56. The quantitative estimate of drug-likeness (QED) is 0.538. The maximum absolute atomic E-state index is 10.2. The highest BCUT2D eigenvalue weighted by molar-refractivity contribution is 5.09. The zero-order valence-electron chi connectivity index (χ0n) is 19.1. The number of hydrogen-bond donors (Lipinski definition) is 2. The summed E-state index contributed by atoms with van der Waals surface area (Å²) in [6, 6.07) is 0. The van der Waals surface area contributed by atoms with Crippen molar-refractivity contribution in [2.24, 2.45) is 40.4 Å². The van der Waals surface area contributed by atoms with Crippen molar-refractivity contribution in [3.63, 3.8) is 0 Å². The van der Waals surface area contributed by atoms with Crippen LogP contribution in [0.3, 0.4) is 0 Å². The van der Waals surface area contributed by atoms with Gasteiger partial charge in [-0.05, 0) is 125 Å². The van der Waals surface area contributed by atoms with Gasteiger partial charge in [0.05, 0.1) is 11.7 Å². The number of aliphatic hydroxyl groups is 2. The van der Waals surface area contributed by atoms with E-state index >= 15 is 0 Å². The van der Waals surface area contributed by atoms with Gasteiger partial charge in [0.15, 0.2) is 0 Å². The summed E-state index contributed by atoms with van der Waals surface area (Å²) in [7, 11) is 0. The van der Waals surface area contributed by atoms with Crippen LogP contribution in [0, 0.1) is 40.4 Å². The van der Waals surface area contributed by atoms with Crippen LogP contribution in [0.2, 0.25) is 0 Å². The Kier molecular flexibility index (Phi) is 5.71. The third kappa shape index (κ3) is 3.70. The zero-order valence-corrected chi connectivity index (χ0v) is 19.1. The maximum Gasteiger partial charge on any atom is 0.0591 e. The SMILES string of the molecule is CC(C)(O)CCCCC1CCC2[C@@H]3CCC4C[C@@H](O)CC[C@]4(C)C3CC[C@]12C. The number of hydrogen-bond acceptors (Lipinski definition) is 2. The van der Waals surface area contributed by atoms with Crippen LogP contribution in [0.1, 0.15) is 111 Å². The van der Waals surface area contributed by atoms with E-state index in [-0.39, 0.29) is 6.10 Å². The molecule has 0 spiro atoms. The summed E-state index contributed by atoms with van der Waals surface area (Å²) in [5.74, 6) is 4.53. The minimum atomic E-state index is -0.498. The third-order valence-corrected chi connectivity index (χ3v) is 10.4. The lowest BCUT2D eigenvalue weighted by atomic mass is 9.44. The molecule has 0 radical (unpaired) electrons. The van der Waals surface area contributed by atoms with E-state index in [2.05, 4.69) is 13.8 Å². The van der Waals surface area contributed by atoms with Crippen LogP contribution in [-0.2, 0) is 0 Å². The first-order valence-electron chi connectivity index (χ1n) is 12.5.